The van der Waals surface area contributed by atoms with Gasteiger partial charge in [0.15, 0.2) is 0 Å². The van der Waals surface area contributed by atoms with Crippen LogP contribution in [0.5, 0.6) is 0 Å². The summed E-state index contributed by atoms with van der Waals surface area (Å²) in [6, 6.07) is 38.4. The standard InChI is InChI=1S/C24H17BrClN.C17H13BrClN.2CH4/c25-21-10-13-23-20(15-21)14-19(9-6-17-7-11-22(26)12-8-17)24(23)27-16-18-4-2-1-3-5-18;18-14-5-8-16-13(10-14)9-12(17(16)20)4-1-11-2-6-15(19)7-3-11;;/h1-13,15-16H,14H2;1-8,10H,9,20H2;2*1H4/b9-6+,27-16?;4-1+;;. The molecule has 2 nitrogen and oxygen atoms in total. The first-order valence-electron chi connectivity index (χ1n) is 15.1. The number of nitrogens with two attached hydrogens (primary N) is 1. The highest BCUT2D eigenvalue weighted by molar-refractivity contribution is 9.10. The van der Waals surface area contributed by atoms with Crippen LogP contribution in [-0.4, -0.2) is 6.21 Å². The van der Waals surface area contributed by atoms with Gasteiger partial charge in [-0.3, -0.25) is 4.99 Å². The summed E-state index contributed by atoms with van der Waals surface area (Å²) >= 11 is 18.9. The van der Waals surface area contributed by atoms with Crippen LogP contribution in [0.2, 0.25) is 10.0 Å². The van der Waals surface area contributed by atoms with Gasteiger partial charge in [-0.05, 0) is 87.5 Å². The largest absolute Gasteiger partial charge is 0.398 e. The fraction of sp³-hybridized carbons (Fsp3) is 0.0930. The first-order valence-corrected chi connectivity index (χ1v) is 17.4. The van der Waals surface area contributed by atoms with E-state index in [0.717, 1.165) is 71.1 Å². The minimum Gasteiger partial charge on any atom is -0.398 e. The fourth-order valence-electron chi connectivity index (χ4n) is 5.50. The van der Waals surface area contributed by atoms with Crippen LogP contribution in [0.3, 0.4) is 0 Å². The average Bonchev–Trinajstić information content (AvgIpc) is 3.58. The quantitative estimate of drug-likeness (QED) is 0.170. The Kier molecular flexibility index (Phi) is 13.6. The van der Waals surface area contributed by atoms with Crippen molar-refractivity contribution in [3.05, 3.63) is 196 Å². The Morgan fingerprint density at radius 3 is 1.61 bits per heavy atom. The van der Waals surface area contributed by atoms with E-state index in [4.69, 9.17) is 33.9 Å². The predicted octanol–water partition coefficient (Wildman–Crippen LogP) is 13.5. The molecule has 0 fully saturated rings. The second-order valence-corrected chi connectivity index (χ2v) is 13.9. The first-order chi connectivity index (χ1) is 22.8. The molecule has 0 saturated heterocycles. The molecule has 2 aliphatic rings. The molecule has 0 aliphatic heterocycles. The summed E-state index contributed by atoms with van der Waals surface area (Å²) in [6.45, 7) is 0. The van der Waals surface area contributed by atoms with Crippen molar-refractivity contribution in [3.8, 4) is 0 Å². The maximum absolute atomic E-state index is 6.22. The number of aliphatic imine (C=N–C) groups is 1. The summed E-state index contributed by atoms with van der Waals surface area (Å²) in [6.07, 6.45) is 12.1. The lowest BCUT2D eigenvalue weighted by Gasteiger charge is -2.02. The van der Waals surface area contributed by atoms with Crippen molar-refractivity contribution in [2.24, 2.45) is 10.7 Å². The van der Waals surface area contributed by atoms with Crippen molar-refractivity contribution in [1.29, 1.82) is 0 Å². The Morgan fingerprint density at radius 2 is 1.04 bits per heavy atom. The van der Waals surface area contributed by atoms with E-state index in [0.29, 0.717) is 0 Å². The van der Waals surface area contributed by atoms with Crippen molar-refractivity contribution in [1.82, 2.24) is 0 Å². The Hall–Kier alpha value is -3.93. The molecule has 5 aromatic carbocycles. The van der Waals surface area contributed by atoms with Gasteiger partial charge in [0, 0.05) is 54.9 Å². The van der Waals surface area contributed by atoms with Crippen LogP contribution < -0.4 is 5.73 Å². The van der Waals surface area contributed by atoms with Gasteiger partial charge in [0.25, 0.3) is 0 Å². The topological polar surface area (TPSA) is 38.4 Å². The molecule has 0 atom stereocenters. The van der Waals surface area contributed by atoms with Gasteiger partial charge in [-0.15, -0.1) is 0 Å². The van der Waals surface area contributed by atoms with Crippen LogP contribution in [0.15, 0.2) is 152 Å². The number of allylic oxidation sites excluding steroid dienone is 4. The van der Waals surface area contributed by atoms with Crippen molar-refractivity contribution < 1.29 is 0 Å². The van der Waals surface area contributed by atoms with Gasteiger partial charge in [0.05, 0.1) is 5.70 Å². The minimum atomic E-state index is 0. The Balaban J connectivity index is 0.000000221. The van der Waals surface area contributed by atoms with Gasteiger partial charge in [0.1, 0.15) is 0 Å². The van der Waals surface area contributed by atoms with E-state index in [-0.39, 0.29) is 14.9 Å². The normalized spacial score (nSPS) is 13.3. The van der Waals surface area contributed by atoms with Crippen LogP contribution in [0.1, 0.15) is 53.8 Å². The lowest BCUT2D eigenvalue weighted by molar-refractivity contribution is 1.24. The summed E-state index contributed by atoms with van der Waals surface area (Å²) in [5.74, 6) is 0. The molecule has 0 unspecified atom stereocenters. The van der Waals surface area contributed by atoms with Gasteiger partial charge in [-0.1, -0.05) is 161 Å². The molecule has 5 aromatic rings. The fourth-order valence-corrected chi connectivity index (χ4v) is 6.57. The molecule has 0 saturated carbocycles. The van der Waals surface area contributed by atoms with Crippen LogP contribution in [-0.2, 0) is 12.8 Å². The Bertz CT molecular complexity index is 2060. The van der Waals surface area contributed by atoms with Gasteiger partial charge in [-0.2, -0.15) is 0 Å². The smallest absolute Gasteiger partial charge is 0.0740 e. The lowest BCUT2D eigenvalue weighted by Crippen LogP contribution is -1.95. The highest BCUT2D eigenvalue weighted by Crippen LogP contribution is 2.36. The van der Waals surface area contributed by atoms with Crippen LogP contribution >= 0.6 is 55.1 Å². The molecule has 7 rings (SSSR count). The third-order valence-electron chi connectivity index (χ3n) is 7.93. The van der Waals surface area contributed by atoms with Crippen molar-refractivity contribution in [3.63, 3.8) is 0 Å². The number of rotatable bonds is 6. The lowest BCUT2D eigenvalue weighted by atomic mass is 10.1. The molecule has 2 N–H and O–H groups in total. The highest BCUT2D eigenvalue weighted by Gasteiger charge is 2.20. The molecule has 0 amide bonds. The van der Waals surface area contributed by atoms with Gasteiger partial charge in [-0.25, -0.2) is 0 Å². The summed E-state index contributed by atoms with van der Waals surface area (Å²) < 4.78 is 2.18. The van der Waals surface area contributed by atoms with Crippen LogP contribution in [0, 0.1) is 0 Å². The van der Waals surface area contributed by atoms with Crippen LogP contribution in [0.4, 0.5) is 0 Å². The highest BCUT2D eigenvalue weighted by atomic mass is 79.9. The third kappa shape index (κ3) is 9.83. The molecule has 0 bridgehead atoms. The zero-order valence-electron chi connectivity index (χ0n) is 25.3. The van der Waals surface area contributed by atoms with Crippen LogP contribution in [0.25, 0.3) is 23.5 Å². The van der Waals surface area contributed by atoms with E-state index in [2.05, 4.69) is 98.6 Å². The molecule has 49 heavy (non-hydrogen) atoms. The maximum atomic E-state index is 6.22. The van der Waals surface area contributed by atoms with Crippen molar-refractivity contribution in [2.75, 3.05) is 0 Å². The number of nitrogens with zero attached hydrogens (tertiary/aromatic N) is 1. The summed E-state index contributed by atoms with van der Waals surface area (Å²) in [4.78, 5) is 4.84. The number of halogens is 4. The van der Waals surface area contributed by atoms with Crippen molar-refractivity contribution in [2.45, 2.75) is 27.7 Å². The predicted molar refractivity (Wildman–Crippen MR) is 222 cm³/mol. The molecule has 0 aromatic heterocycles. The summed E-state index contributed by atoms with van der Waals surface area (Å²) in [5, 5.41) is 1.50. The molecule has 248 valence electrons. The second kappa shape index (κ2) is 17.6. The first kappa shape index (κ1) is 37.9. The molecular weight excluding hydrogens is 775 g/mol. The zero-order valence-corrected chi connectivity index (χ0v) is 30.0. The van der Waals surface area contributed by atoms with E-state index in [1.165, 1.54) is 22.3 Å². The van der Waals surface area contributed by atoms with E-state index < -0.39 is 0 Å². The summed E-state index contributed by atoms with van der Waals surface area (Å²) in [5.41, 5.74) is 18.7. The molecule has 0 heterocycles. The molecule has 0 radical (unpaired) electrons. The molecule has 6 heteroatoms. The van der Waals surface area contributed by atoms with E-state index in [9.17, 15) is 0 Å². The second-order valence-electron chi connectivity index (χ2n) is 11.2. The number of hydrogen-bond donors (Lipinski definition) is 1. The minimum absolute atomic E-state index is 0. The molecule has 0 spiro atoms. The maximum Gasteiger partial charge on any atom is 0.0740 e. The van der Waals surface area contributed by atoms with E-state index >= 15 is 0 Å². The van der Waals surface area contributed by atoms with Gasteiger partial charge in [0.2, 0.25) is 0 Å². The average molecular weight is 814 g/mol. The molecule has 2 aliphatic carbocycles. The van der Waals surface area contributed by atoms with Gasteiger partial charge < -0.3 is 5.73 Å². The number of fused-ring (bicyclic) bond motifs is 2. The Morgan fingerprint density at radius 1 is 0.551 bits per heavy atom. The SMILES string of the molecule is C.C.Clc1ccc(/C=C/C2=C(N=Cc3ccccc3)c3ccc(Br)cc3C2)cc1.NC1=C(/C=C/c2ccc(Cl)cc2)Cc2cc(Br)ccc21. The molecular formula is C43H38Br2Cl2N2. The van der Waals surface area contributed by atoms with Gasteiger partial charge >= 0.3 is 0 Å². The Labute approximate surface area is 317 Å². The summed E-state index contributed by atoms with van der Waals surface area (Å²) in [7, 11) is 0. The van der Waals surface area contributed by atoms with E-state index in [1.54, 1.807) is 0 Å². The monoisotopic (exact) mass is 810 g/mol. The third-order valence-corrected chi connectivity index (χ3v) is 9.42. The zero-order chi connectivity index (χ0) is 32.8. The van der Waals surface area contributed by atoms with Crippen molar-refractivity contribution >= 4 is 84.8 Å². The van der Waals surface area contributed by atoms with E-state index in [1.807, 2.05) is 79.0 Å². The number of benzene rings is 5. The number of hydrogen-bond acceptors (Lipinski definition) is 2.